The van der Waals surface area contributed by atoms with Gasteiger partial charge < -0.3 is 15.3 Å². The normalized spacial score (nSPS) is 11.7. The number of aliphatic hydroxyl groups is 3. The van der Waals surface area contributed by atoms with Crippen molar-refractivity contribution in [3.8, 4) is 6.07 Å². The number of hydrogen-bond acceptors (Lipinski definition) is 5. The van der Waals surface area contributed by atoms with Crippen molar-refractivity contribution in [2.75, 3.05) is 6.61 Å². The number of hydrogen-bond donors (Lipinski definition) is 3. The highest BCUT2D eigenvalue weighted by atomic mass is 16.3. The zero-order chi connectivity index (χ0) is 14.4. The number of rotatable bonds is 5. The number of aliphatic hydroxyl groups excluding tert-OH is 3. The minimum atomic E-state index is -0.720. The number of nitriles is 1. The van der Waals surface area contributed by atoms with Gasteiger partial charge in [0, 0.05) is 0 Å². The molecule has 0 fully saturated rings. The lowest BCUT2D eigenvalue weighted by Gasteiger charge is -2.09. The third kappa shape index (κ3) is 3.26. The van der Waals surface area contributed by atoms with E-state index in [0.29, 0.717) is 22.3 Å². The van der Waals surface area contributed by atoms with Gasteiger partial charge >= 0.3 is 0 Å². The van der Waals surface area contributed by atoms with Crippen LogP contribution in [0.5, 0.6) is 0 Å². The molecule has 0 aliphatic rings. The fraction of sp³-hybridized carbons (Fsp3) is 0.286. The van der Waals surface area contributed by atoms with Crippen molar-refractivity contribution in [2.45, 2.75) is 20.1 Å². The van der Waals surface area contributed by atoms with E-state index in [2.05, 4.69) is 0 Å². The van der Waals surface area contributed by atoms with Crippen LogP contribution in [-0.4, -0.2) is 27.7 Å². The van der Waals surface area contributed by atoms with Crippen molar-refractivity contribution in [3.63, 3.8) is 0 Å². The van der Waals surface area contributed by atoms with Crippen LogP contribution in [-0.2, 0) is 18.0 Å². The van der Waals surface area contributed by atoms with E-state index in [1.807, 2.05) is 0 Å². The predicted octanol–water partition coefficient (Wildman–Crippen LogP) is 0.530. The maximum Gasteiger partial charge on any atom is 0.198 e. The maximum atomic E-state index is 11.4. The van der Waals surface area contributed by atoms with Crippen LogP contribution in [0.15, 0.2) is 23.8 Å². The monoisotopic (exact) mass is 261 g/mol. The molecule has 100 valence electrons. The molecule has 0 spiro atoms. The first-order valence-electron chi connectivity index (χ1n) is 5.68. The van der Waals surface area contributed by atoms with Gasteiger partial charge in [0.05, 0.1) is 13.2 Å². The summed E-state index contributed by atoms with van der Waals surface area (Å²) in [6.07, 6.45) is 0. The van der Waals surface area contributed by atoms with E-state index < -0.39 is 12.4 Å². The van der Waals surface area contributed by atoms with Crippen molar-refractivity contribution in [2.24, 2.45) is 0 Å². The minimum absolute atomic E-state index is 0.108. The first kappa shape index (κ1) is 15.1. The summed E-state index contributed by atoms with van der Waals surface area (Å²) in [6.45, 7) is 0.440. The summed E-state index contributed by atoms with van der Waals surface area (Å²) < 4.78 is 0. The van der Waals surface area contributed by atoms with Crippen molar-refractivity contribution < 1.29 is 20.1 Å². The molecule has 3 N–H and O–H groups in total. The van der Waals surface area contributed by atoms with Crippen LogP contribution < -0.4 is 0 Å². The third-order valence-corrected chi connectivity index (χ3v) is 2.89. The lowest BCUT2D eigenvalue weighted by atomic mass is 9.96. The minimum Gasteiger partial charge on any atom is -0.392 e. The predicted molar refractivity (Wildman–Crippen MR) is 68.6 cm³/mol. The highest BCUT2D eigenvalue weighted by molar-refractivity contribution is 6.06. The molecule has 0 aliphatic heterocycles. The molecule has 0 amide bonds. The van der Waals surface area contributed by atoms with Crippen molar-refractivity contribution in [1.82, 2.24) is 0 Å². The standard InChI is InChI=1S/C14H15NO4/c1-9(13(5-15)14(19)8-18)10-2-3-11(6-16)12(4-10)7-17/h2-4,16-18H,6-8H2,1H3/b13-9-. The molecule has 0 radical (unpaired) electrons. The molecule has 0 atom stereocenters. The Morgan fingerprint density at radius 2 is 1.84 bits per heavy atom. The molecule has 19 heavy (non-hydrogen) atoms. The van der Waals surface area contributed by atoms with E-state index in [1.54, 1.807) is 31.2 Å². The van der Waals surface area contributed by atoms with E-state index in [4.69, 9.17) is 15.5 Å². The van der Waals surface area contributed by atoms with Gasteiger partial charge in [-0.3, -0.25) is 4.79 Å². The number of carbonyl (C=O) groups is 1. The third-order valence-electron chi connectivity index (χ3n) is 2.89. The Labute approximate surface area is 111 Å². The van der Waals surface area contributed by atoms with Gasteiger partial charge in [0.25, 0.3) is 0 Å². The number of nitrogens with zero attached hydrogens (tertiary/aromatic N) is 1. The summed E-state index contributed by atoms with van der Waals surface area (Å²) in [5.74, 6) is -0.642. The van der Waals surface area contributed by atoms with Crippen LogP contribution >= 0.6 is 0 Å². The number of Topliss-reactive ketones (excluding diaryl/α,β-unsaturated/α-hetero) is 1. The first-order valence-corrected chi connectivity index (χ1v) is 5.68. The van der Waals surface area contributed by atoms with Crippen molar-refractivity contribution in [3.05, 3.63) is 40.5 Å². The fourth-order valence-corrected chi connectivity index (χ4v) is 1.74. The zero-order valence-electron chi connectivity index (χ0n) is 10.6. The summed E-state index contributed by atoms with van der Waals surface area (Å²) in [5.41, 5.74) is 2.04. The average Bonchev–Trinajstić information content (AvgIpc) is 2.46. The summed E-state index contributed by atoms with van der Waals surface area (Å²) in [5, 5.41) is 36.1. The Morgan fingerprint density at radius 3 is 2.32 bits per heavy atom. The van der Waals surface area contributed by atoms with E-state index in [-0.39, 0.29) is 18.8 Å². The second-order valence-electron chi connectivity index (χ2n) is 3.99. The van der Waals surface area contributed by atoms with E-state index in [0.717, 1.165) is 0 Å². The second kappa shape index (κ2) is 6.81. The molecule has 1 aromatic rings. The van der Waals surface area contributed by atoms with Crippen LogP contribution in [0.1, 0.15) is 23.6 Å². The molecule has 5 heteroatoms. The largest absolute Gasteiger partial charge is 0.392 e. The molecular formula is C14H15NO4. The molecule has 0 unspecified atom stereocenters. The van der Waals surface area contributed by atoms with Gasteiger partial charge in [-0.1, -0.05) is 12.1 Å². The van der Waals surface area contributed by atoms with Gasteiger partial charge in [0.1, 0.15) is 18.2 Å². The lowest BCUT2D eigenvalue weighted by Crippen LogP contribution is -2.08. The van der Waals surface area contributed by atoms with Crippen LogP contribution in [0.4, 0.5) is 0 Å². The van der Waals surface area contributed by atoms with Crippen LogP contribution in [0.3, 0.4) is 0 Å². The number of allylic oxidation sites excluding steroid dienone is 1. The number of carbonyl (C=O) groups excluding carboxylic acids is 1. The molecule has 0 aromatic heterocycles. The summed E-state index contributed by atoms with van der Waals surface area (Å²) in [6, 6.07) is 6.67. The Kier molecular flexibility index (Phi) is 5.39. The molecule has 0 saturated carbocycles. The summed E-state index contributed by atoms with van der Waals surface area (Å²) in [7, 11) is 0. The molecule has 0 bridgehead atoms. The number of ketones is 1. The fourth-order valence-electron chi connectivity index (χ4n) is 1.74. The van der Waals surface area contributed by atoms with Gasteiger partial charge in [-0.25, -0.2) is 0 Å². The summed E-state index contributed by atoms with van der Waals surface area (Å²) in [4.78, 5) is 11.4. The lowest BCUT2D eigenvalue weighted by molar-refractivity contribution is -0.117. The zero-order valence-corrected chi connectivity index (χ0v) is 10.6. The maximum absolute atomic E-state index is 11.4. The van der Waals surface area contributed by atoms with Crippen LogP contribution in [0, 0.1) is 11.3 Å². The SMILES string of the molecule is C/C(=C(\C#N)C(=O)CO)c1ccc(CO)c(CO)c1. The van der Waals surface area contributed by atoms with Crippen molar-refractivity contribution in [1.29, 1.82) is 5.26 Å². The van der Waals surface area contributed by atoms with Gasteiger partial charge in [-0.05, 0) is 35.3 Å². The highest BCUT2D eigenvalue weighted by Gasteiger charge is 2.13. The molecular weight excluding hydrogens is 246 g/mol. The first-order chi connectivity index (χ1) is 9.08. The average molecular weight is 261 g/mol. The molecule has 5 nitrogen and oxygen atoms in total. The van der Waals surface area contributed by atoms with Gasteiger partial charge in [0.2, 0.25) is 0 Å². The van der Waals surface area contributed by atoms with E-state index >= 15 is 0 Å². The highest BCUT2D eigenvalue weighted by Crippen LogP contribution is 2.22. The topological polar surface area (TPSA) is 102 Å². The van der Waals surface area contributed by atoms with E-state index in [9.17, 15) is 9.90 Å². The quantitative estimate of drug-likeness (QED) is 0.530. The Balaban J connectivity index is 3.34. The van der Waals surface area contributed by atoms with E-state index in [1.165, 1.54) is 0 Å². The smallest absolute Gasteiger partial charge is 0.198 e. The van der Waals surface area contributed by atoms with Crippen molar-refractivity contribution >= 4 is 11.4 Å². The Morgan fingerprint density at radius 1 is 1.21 bits per heavy atom. The Hall–Kier alpha value is -2.00. The molecule has 0 aliphatic carbocycles. The summed E-state index contributed by atoms with van der Waals surface area (Å²) >= 11 is 0. The Bertz CT molecular complexity index is 555. The molecule has 0 saturated heterocycles. The van der Waals surface area contributed by atoms with Crippen LogP contribution in [0.25, 0.3) is 5.57 Å². The second-order valence-corrected chi connectivity index (χ2v) is 3.99. The molecule has 0 heterocycles. The van der Waals surface area contributed by atoms with Gasteiger partial charge in [-0.15, -0.1) is 0 Å². The number of benzene rings is 1. The molecule has 1 rings (SSSR count). The van der Waals surface area contributed by atoms with Gasteiger partial charge in [0.15, 0.2) is 5.78 Å². The van der Waals surface area contributed by atoms with Crippen LogP contribution in [0.2, 0.25) is 0 Å². The van der Waals surface area contributed by atoms with Gasteiger partial charge in [-0.2, -0.15) is 5.26 Å². The molecule has 1 aromatic carbocycles.